The second-order valence-electron chi connectivity index (χ2n) is 8.92. The van der Waals surface area contributed by atoms with Gasteiger partial charge in [0.05, 0.1) is 10.6 Å². The van der Waals surface area contributed by atoms with Crippen LogP contribution in [0.15, 0.2) is 82.2 Å². The summed E-state index contributed by atoms with van der Waals surface area (Å²) < 4.78 is 29.3. The van der Waals surface area contributed by atoms with Crippen molar-refractivity contribution in [2.24, 2.45) is 0 Å². The summed E-state index contributed by atoms with van der Waals surface area (Å²) in [6.07, 6.45) is 1.71. The number of anilines is 1. The maximum Gasteiger partial charge on any atom is 0.264 e. The van der Waals surface area contributed by atoms with Crippen molar-refractivity contribution in [2.45, 2.75) is 44.2 Å². The molecule has 11 heteroatoms. The molecule has 1 N–H and O–H groups in total. The lowest BCUT2D eigenvalue weighted by atomic mass is 10.1. The number of rotatable bonds is 12. The van der Waals surface area contributed by atoms with Gasteiger partial charge < -0.3 is 10.2 Å². The largest absolute Gasteiger partial charge is 0.354 e. The third kappa shape index (κ3) is 8.45. The first-order valence-corrected chi connectivity index (χ1v) is 15.4. The molecular weight excluding hydrogens is 625 g/mol. The number of nitrogens with zero attached hydrogens (tertiary/aromatic N) is 2. The number of hydrogen-bond donors (Lipinski definition) is 1. The molecule has 39 heavy (non-hydrogen) atoms. The predicted molar refractivity (Wildman–Crippen MR) is 160 cm³/mol. The Morgan fingerprint density at radius 2 is 1.64 bits per heavy atom. The first-order chi connectivity index (χ1) is 18.5. The Morgan fingerprint density at radius 1 is 0.974 bits per heavy atom. The second kappa shape index (κ2) is 14.2. The maximum absolute atomic E-state index is 13.9. The molecule has 0 aliphatic heterocycles. The summed E-state index contributed by atoms with van der Waals surface area (Å²) in [6, 6.07) is 18.6. The van der Waals surface area contributed by atoms with Gasteiger partial charge in [-0.15, -0.1) is 0 Å². The molecule has 7 nitrogen and oxygen atoms in total. The molecule has 0 bridgehead atoms. The van der Waals surface area contributed by atoms with Crippen LogP contribution < -0.4 is 9.62 Å². The number of amides is 2. The van der Waals surface area contributed by atoms with Gasteiger partial charge in [0.25, 0.3) is 10.0 Å². The number of carbonyl (C=O) groups is 2. The van der Waals surface area contributed by atoms with Crippen molar-refractivity contribution >= 4 is 66.7 Å². The van der Waals surface area contributed by atoms with Crippen molar-refractivity contribution in [3.05, 3.63) is 92.9 Å². The first-order valence-electron chi connectivity index (χ1n) is 12.4. The minimum atomic E-state index is -4.20. The third-order valence-electron chi connectivity index (χ3n) is 5.98. The Kier molecular flexibility index (Phi) is 11.2. The van der Waals surface area contributed by atoms with Crippen LogP contribution in [0, 0.1) is 0 Å². The molecule has 0 aromatic heterocycles. The van der Waals surface area contributed by atoms with E-state index in [0.717, 1.165) is 27.2 Å². The van der Waals surface area contributed by atoms with Crippen molar-refractivity contribution in [3.63, 3.8) is 0 Å². The highest BCUT2D eigenvalue weighted by Gasteiger charge is 2.32. The van der Waals surface area contributed by atoms with Crippen LogP contribution in [-0.4, -0.2) is 44.3 Å². The molecule has 2 amide bonds. The maximum atomic E-state index is 13.9. The lowest BCUT2D eigenvalue weighted by molar-refractivity contribution is -0.139. The molecule has 0 aliphatic carbocycles. The van der Waals surface area contributed by atoms with Crippen LogP contribution in [0.3, 0.4) is 0 Å². The van der Waals surface area contributed by atoms with Gasteiger partial charge in [0, 0.05) is 27.6 Å². The zero-order valence-electron chi connectivity index (χ0n) is 21.6. The summed E-state index contributed by atoms with van der Waals surface area (Å²) in [7, 11) is -4.20. The van der Waals surface area contributed by atoms with Gasteiger partial charge in [-0.2, -0.15) is 0 Å². The first kappa shape index (κ1) is 30.9. The molecule has 3 rings (SSSR count). The second-order valence-corrected chi connectivity index (χ2v) is 12.6. The van der Waals surface area contributed by atoms with Crippen molar-refractivity contribution in [1.29, 1.82) is 0 Å². The molecule has 3 aromatic rings. The lowest BCUT2D eigenvalue weighted by Gasteiger charge is -2.32. The van der Waals surface area contributed by atoms with Crippen LogP contribution in [0.4, 0.5) is 5.69 Å². The van der Waals surface area contributed by atoms with Gasteiger partial charge in [-0.3, -0.25) is 13.9 Å². The smallest absolute Gasteiger partial charge is 0.264 e. The third-order valence-corrected chi connectivity index (χ3v) is 8.70. The van der Waals surface area contributed by atoms with Gasteiger partial charge in [-0.25, -0.2) is 8.42 Å². The average Bonchev–Trinajstić information content (AvgIpc) is 2.89. The lowest BCUT2D eigenvalue weighted by Crippen LogP contribution is -2.51. The van der Waals surface area contributed by atoms with Crippen molar-refractivity contribution < 1.29 is 18.0 Å². The van der Waals surface area contributed by atoms with Gasteiger partial charge in [0.1, 0.15) is 12.6 Å². The summed E-state index contributed by atoms with van der Waals surface area (Å²) in [5.74, 6) is -0.890. The van der Waals surface area contributed by atoms with Crippen LogP contribution >= 0.6 is 39.1 Å². The molecule has 0 fully saturated rings. The minimum Gasteiger partial charge on any atom is -0.354 e. The molecule has 0 aliphatic rings. The summed E-state index contributed by atoms with van der Waals surface area (Å²) in [5.41, 5.74) is 0.904. The molecule has 1 atom stereocenters. The van der Waals surface area contributed by atoms with E-state index in [0.29, 0.717) is 6.54 Å². The van der Waals surface area contributed by atoms with E-state index in [-0.39, 0.29) is 33.1 Å². The van der Waals surface area contributed by atoms with Crippen molar-refractivity contribution in [1.82, 2.24) is 10.2 Å². The Balaban J connectivity index is 2.02. The quantitative estimate of drug-likeness (QED) is 0.233. The molecule has 0 spiro atoms. The van der Waals surface area contributed by atoms with Crippen LogP contribution in [0.2, 0.25) is 10.0 Å². The van der Waals surface area contributed by atoms with Crippen LogP contribution in [0.25, 0.3) is 0 Å². The van der Waals surface area contributed by atoms with E-state index in [1.807, 2.05) is 31.2 Å². The summed E-state index contributed by atoms with van der Waals surface area (Å²) in [4.78, 5) is 28.3. The van der Waals surface area contributed by atoms with Crippen LogP contribution in [0.1, 0.15) is 32.3 Å². The molecule has 0 saturated carbocycles. The monoisotopic (exact) mass is 653 g/mol. The highest BCUT2D eigenvalue weighted by molar-refractivity contribution is 9.10. The molecule has 0 radical (unpaired) electrons. The predicted octanol–water partition coefficient (Wildman–Crippen LogP) is 6.28. The summed E-state index contributed by atoms with van der Waals surface area (Å²) in [5, 5.41) is 3.29. The van der Waals surface area contributed by atoms with E-state index in [2.05, 4.69) is 21.2 Å². The number of halogens is 3. The van der Waals surface area contributed by atoms with Crippen LogP contribution in [-0.2, 0) is 26.2 Å². The van der Waals surface area contributed by atoms with E-state index < -0.39 is 28.5 Å². The molecule has 3 aromatic carbocycles. The summed E-state index contributed by atoms with van der Waals surface area (Å²) in [6.45, 7) is 3.64. The van der Waals surface area contributed by atoms with Gasteiger partial charge in [-0.1, -0.05) is 82.8 Å². The summed E-state index contributed by atoms with van der Waals surface area (Å²) >= 11 is 15.8. The number of carbonyl (C=O) groups excluding carboxylic acids is 2. The van der Waals surface area contributed by atoms with Gasteiger partial charge in [0.15, 0.2) is 0 Å². The molecular formula is C28H30BrCl2N3O4S. The topological polar surface area (TPSA) is 86.8 Å². The minimum absolute atomic E-state index is 0.00204. The Labute approximate surface area is 248 Å². The normalized spacial score (nSPS) is 12.0. The zero-order chi connectivity index (χ0) is 28.6. The number of sulfonamides is 1. The number of hydrogen-bond acceptors (Lipinski definition) is 4. The van der Waals surface area contributed by atoms with E-state index in [9.17, 15) is 18.0 Å². The van der Waals surface area contributed by atoms with Gasteiger partial charge in [0.2, 0.25) is 11.8 Å². The average molecular weight is 655 g/mol. The fourth-order valence-corrected chi connectivity index (χ4v) is 6.26. The van der Waals surface area contributed by atoms with Crippen molar-refractivity contribution in [2.75, 3.05) is 17.4 Å². The van der Waals surface area contributed by atoms with Crippen LogP contribution in [0.5, 0.6) is 0 Å². The molecule has 0 saturated heterocycles. The van der Waals surface area contributed by atoms with Crippen molar-refractivity contribution in [3.8, 4) is 0 Å². The van der Waals surface area contributed by atoms with E-state index >= 15 is 0 Å². The fourth-order valence-electron chi connectivity index (χ4n) is 3.88. The molecule has 0 heterocycles. The Bertz CT molecular complexity index is 1390. The Morgan fingerprint density at radius 3 is 2.26 bits per heavy atom. The SMILES string of the molecule is CCCCNC(=O)[C@H](C)N(Cc1cccc(Br)c1)C(=O)CN(c1cc(Cl)cc(Cl)c1)S(=O)(=O)c1ccccc1. The Hall–Kier alpha value is -2.59. The molecule has 208 valence electrons. The molecule has 0 unspecified atom stereocenters. The van der Waals surface area contributed by atoms with E-state index in [1.165, 1.54) is 35.2 Å². The highest BCUT2D eigenvalue weighted by atomic mass is 79.9. The van der Waals surface area contributed by atoms with Gasteiger partial charge >= 0.3 is 0 Å². The standard InChI is InChI=1S/C28H30BrCl2N3O4S/c1-3-4-13-32-28(36)20(2)33(18-21-9-8-10-22(29)14-21)27(35)19-34(25-16-23(30)15-24(31)17-25)39(37,38)26-11-6-5-7-12-26/h5-12,14-17,20H,3-4,13,18-19H2,1-2H3,(H,32,36)/t20-/m0/s1. The number of nitrogens with one attached hydrogen (secondary N) is 1. The number of benzene rings is 3. The number of unbranched alkanes of at least 4 members (excludes halogenated alkanes) is 1. The van der Waals surface area contributed by atoms with E-state index in [4.69, 9.17) is 23.2 Å². The van der Waals surface area contributed by atoms with Gasteiger partial charge in [-0.05, 0) is 61.4 Å². The fraction of sp³-hybridized carbons (Fsp3) is 0.286. The van der Waals surface area contributed by atoms with E-state index in [1.54, 1.807) is 25.1 Å². The zero-order valence-corrected chi connectivity index (χ0v) is 25.5. The highest BCUT2D eigenvalue weighted by Crippen LogP contribution is 2.30.